The number of fused-ring (bicyclic) bond motifs is 1. The summed E-state index contributed by atoms with van der Waals surface area (Å²) in [6.07, 6.45) is 2.80. The monoisotopic (exact) mass is 280 g/mol. The second-order valence-electron chi connectivity index (χ2n) is 6.53. The van der Waals surface area contributed by atoms with E-state index in [1.807, 2.05) is 0 Å². The first kappa shape index (κ1) is 14.3. The lowest BCUT2D eigenvalue weighted by molar-refractivity contribution is 0.0983. The number of rotatable bonds is 2. The van der Waals surface area contributed by atoms with Gasteiger partial charge in [0.1, 0.15) is 0 Å². The van der Waals surface area contributed by atoms with Crippen LogP contribution in [-0.2, 0) is 12.8 Å². The molecule has 1 heteroatoms. The van der Waals surface area contributed by atoms with Gasteiger partial charge in [0.15, 0.2) is 0 Å². The van der Waals surface area contributed by atoms with Gasteiger partial charge in [0.05, 0.1) is 6.10 Å². The Morgan fingerprint density at radius 1 is 1.00 bits per heavy atom. The highest BCUT2D eigenvalue weighted by Gasteiger charge is 2.27. The number of aliphatic hydroxyl groups excluding tert-OH is 1. The zero-order valence-corrected chi connectivity index (χ0v) is 13.2. The van der Waals surface area contributed by atoms with Gasteiger partial charge in [0.2, 0.25) is 0 Å². The second kappa shape index (κ2) is 5.65. The molecule has 21 heavy (non-hydrogen) atoms. The minimum Gasteiger partial charge on any atom is -0.388 e. The summed E-state index contributed by atoms with van der Waals surface area (Å²) < 4.78 is 0. The van der Waals surface area contributed by atoms with Crippen molar-refractivity contribution in [1.82, 2.24) is 0 Å². The summed E-state index contributed by atoms with van der Waals surface area (Å²) >= 11 is 0. The van der Waals surface area contributed by atoms with Crippen LogP contribution in [0.1, 0.15) is 45.9 Å². The summed E-state index contributed by atoms with van der Waals surface area (Å²) in [5, 5.41) is 10.9. The van der Waals surface area contributed by atoms with Crippen LogP contribution in [0, 0.1) is 26.7 Å². The number of hydrogen-bond donors (Lipinski definition) is 1. The van der Waals surface area contributed by atoms with Gasteiger partial charge in [-0.2, -0.15) is 0 Å². The van der Waals surface area contributed by atoms with Crippen LogP contribution in [0.2, 0.25) is 0 Å². The highest BCUT2D eigenvalue weighted by molar-refractivity contribution is 5.40. The molecule has 1 aliphatic rings. The molecule has 2 unspecified atom stereocenters. The number of aryl methyl sites for hydroxylation is 4. The maximum Gasteiger partial charge on any atom is 0.0826 e. The Bertz CT molecular complexity index is 634. The molecule has 0 bridgehead atoms. The Balaban J connectivity index is 1.89. The first-order valence-electron chi connectivity index (χ1n) is 7.89. The maximum atomic E-state index is 10.9. The molecule has 110 valence electrons. The predicted molar refractivity (Wildman–Crippen MR) is 87.6 cm³/mol. The van der Waals surface area contributed by atoms with Crippen molar-refractivity contribution in [3.05, 3.63) is 69.8 Å². The molecule has 0 spiro atoms. The highest BCUT2D eigenvalue weighted by Crippen LogP contribution is 2.36. The summed E-state index contributed by atoms with van der Waals surface area (Å²) in [7, 11) is 0. The molecule has 0 aliphatic heterocycles. The second-order valence-corrected chi connectivity index (χ2v) is 6.53. The summed E-state index contributed by atoms with van der Waals surface area (Å²) in [5.74, 6) is 0.333. The van der Waals surface area contributed by atoms with Crippen molar-refractivity contribution >= 4 is 0 Å². The Morgan fingerprint density at radius 3 is 2.29 bits per heavy atom. The van der Waals surface area contributed by atoms with Crippen LogP contribution in [0.5, 0.6) is 0 Å². The summed E-state index contributed by atoms with van der Waals surface area (Å²) in [6, 6.07) is 13.0. The molecule has 0 saturated heterocycles. The van der Waals surface area contributed by atoms with E-state index in [0.29, 0.717) is 5.92 Å². The van der Waals surface area contributed by atoms with Crippen molar-refractivity contribution < 1.29 is 5.11 Å². The molecular weight excluding hydrogens is 256 g/mol. The first-order chi connectivity index (χ1) is 10.1. The summed E-state index contributed by atoms with van der Waals surface area (Å²) in [5.41, 5.74) is 7.73. The first-order valence-corrected chi connectivity index (χ1v) is 7.89. The summed E-state index contributed by atoms with van der Waals surface area (Å²) in [6.45, 7) is 6.36. The number of benzene rings is 2. The van der Waals surface area contributed by atoms with Crippen LogP contribution in [0.15, 0.2) is 36.4 Å². The molecule has 0 aromatic heterocycles. The van der Waals surface area contributed by atoms with E-state index in [-0.39, 0.29) is 6.10 Å². The van der Waals surface area contributed by atoms with Gasteiger partial charge in [-0.15, -0.1) is 0 Å². The zero-order valence-electron chi connectivity index (χ0n) is 13.2. The van der Waals surface area contributed by atoms with Crippen molar-refractivity contribution in [3.8, 4) is 0 Å². The molecule has 0 fully saturated rings. The van der Waals surface area contributed by atoms with Crippen LogP contribution < -0.4 is 0 Å². The Kier molecular flexibility index (Phi) is 3.86. The minimum atomic E-state index is -0.348. The van der Waals surface area contributed by atoms with E-state index in [4.69, 9.17) is 0 Å². The van der Waals surface area contributed by atoms with E-state index < -0.39 is 0 Å². The van der Waals surface area contributed by atoms with E-state index in [9.17, 15) is 5.11 Å². The molecule has 0 radical (unpaired) electrons. The van der Waals surface area contributed by atoms with Crippen molar-refractivity contribution in [3.63, 3.8) is 0 Å². The van der Waals surface area contributed by atoms with Crippen LogP contribution in [0.25, 0.3) is 0 Å². The fourth-order valence-corrected chi connectivity index (χ4v) is 3.89. The van der Waals surface area contributed by atoms with Crippen molar-refractivity contribution in [2.75, 3.05) is 0 Å². The third-order valence-corrected chi connectivity index (χ3v) is 4.87. The van der Waals surface area contributed by atoms with E-state index in [0.717, 1.165) is 24.8 Å². The molecule has 0 amide bonds. The Morgan fingerprint density at radius 2 is 1.62 bits per heavy atom. The molecule has 0 heterocycles. The normalized spacial score (nSPS) is 19.1. The molecule has 2 aromatic rings. The van der Waals surface area contributed by atoms with Gasteiger partial charge in [0.25, 0.3) is 0 Å². The van der Waals surface area contributed by atoms with Gasteiger partial charge in [-0.05, 0) is 73.8 Å². The molecule has 0 saturated carbocycles. The van der Waals surface area contributed by atoms with Gasteiger partial charge in [-0.25, -0.2) is 0 Å². The standard InChI is InChI=1S/C20H24O/c1-13-10-14(2)19(15(3)11-13)20(21)18-9-8-16-6-4-5-7-17(16)12-18/h4-7,10-11,18,20-21H,8-9,12H2,1-3H3. The van der Waals surface area contributed by atoms with Gasteiger partial charge >= 0.3 is 0 Å². The molecular formula is C20H24O. The van der Waals surface area contributed by atoms with Gasteiger partial charge in [-0.3, -0.25) is 0 Å². The zero-order chi connectivity index (χ0) is 15.0. The van der Waals surface area contributed by atoms with E-state index >= 15 is 0 Å². The Labute approximate surface area is 127 Å². The largest absolute Gasteiger partial charge is 0.388 e. The van der Waals surface area contributed by atoms with Crippen LogP contribution in [0.4, 0.5) is 0 Å². The van der Waals surface area contributed by atoms with Gasteiger partial charge in [-0.1, -0.05) is 42.0 Å². The van der Waals surface area contributed by atoms with E-state index in [1.54, 1.807) is 0 Å². The quantitative estimate of drug-likeness (QED) is 0.861. The lowest BCUT2D eigenvalue weighted by atomic mass is 9.77. The van der Waals surface area contributed by atoms with Crippen LogP contribution in [-0.4, -0.2) is 5.11 Å². The average Bonchev–Trinajstić information content (AvgIpc) is 2.45. The topological polar surface area (TPSA) is 20.2 Å². The Hall–Kier alpha value is -1.60. The third kappa shape index (κ3) is 2.75. The predicted octanol–water partition coefficient (Wildman–Crippen LogP) is 4.45. The summed E-state index contributed by atoms with van der Waals surface area (Å²) in [4.78, 5) is 0. The third-order valence-electron chi connectivity index (χ3n) is 4.87. The highest BCUT2D eigenvalue weighted by atomic mass is 16.3. The molecule has 2 atom stereocenters. The molecule has 2 aromatic carbocycles. The van der Waals surface area contributed by atoms with Crippen molar-refractivity contribution in [1.29, 1.82) is 0 Å². The molecule has 1 N–H and O–H groups in total. The van der Waals surface area contributed by atoms with Crippen molar-refractivity contribution in [2.24, 2.45) is 5.92 Å². The number of aliphatic hydroxyl groups is 1. The average molecular weight is 280 g/mol. The van der Waals surface area contributed by atoms with Gasteiger partial charge in [0, 0.05) is 0 Å². The van der Waals surface area contributed by atoms with Gasteiger partial charge < -0.3 is 5.11 Å². The van der Waals surface area contributed by atoms with E-state index in [2.05, 4.69) is 57.2 Å². The minimum absolute atomic E-state index is 0.333. The lowest BCUT2D eigenvalue weighted by Gasteiger charge is -2.30. The smallest absolute Gasteiger partial charge is 0.0826 e. The van der Waals surface area contributed by atoms with Crippen LogP contribution >= 0.6 is 0 Å². The van der Waals surface area contributed by atoms with E-state index in [1.165, 1.54) is 27.8 Å². The SMILES string of the molecule is Cc1cc(C)c(C(O)C2CCc3ccccc3C2)c(C)c1. The number of hydrogen-bond acceptors (Lipinski definition) is 1. The molecule has 3 rings (SSSR count). The molecule has 1 aliphatic carbocycles. The fourth-order valence-electron chi connectivity index (χ4n) is 3.89. The lowest BCUT2D eigenvalue weighted by Crippen LogP contribution is -2.22. The maximum absolute atomic E-state index is 10.9. The molecule has 1 nitrogen and oxygen atoms in total. The van der Waals surface area contributed by atoms with Crippen molar-refractivity contribution in [2.45, 2.75) is 46.1 Å². The van der Waals surface area contributed by atoms with Crippen LogP contribution in [0.3, 0.4) is 0 Å². The fraction of sp³-hybridized carbons (Fsp3) is 0.400.